The van der Waals surface area contributed by atoms with E-state index in [1.807, 2.05) is 18.2 Å². The van der Waals surface area contributed by atoms with Crippen molar-refractivity contribution in [1.29, 1.82) is 0 Å². The van der Waals surface area contributed by atoms with Crippen LogP contribution in [0, 0.1) is 0 Å². The Labute approximate surface area is 183 Å². The zero-order chi connectivity index (χ0) is 22.1. The Morgan fingerprint density at radius 1 is 1.06 bits per heavy atom. The van der Waals surface area contributed by atoms with E-state index in [2.05, 4.69) is 22.2 Å². The van der Waals surface area contributed by atoms with Gasteiger partial charge in [0.25, 0.3) is 5.91 Å². The molecular formula is C22H26N2O5S2. The average Bonchev–Trinajstić information content (AvgIpc) is 3.05. The summed E-state index contributed by atoms with van der Waals surface area (Å²) in [4.78, 5) is 12.7. The first-order valence-electron chi connectivity index (χ1n) is 10.4. The zero-order valence-electron chi connectivity index (χ0n) is 17.1. The predicted octanol–water partition coefficient (Wildman–Crippen LogP) is 2.00. The third kappa shape index (κ3) is 4.83. The average molecular weight is 463 g/mol. The highest BCUT2D eigenvalue weighted by Crippen LogP contribution is 2.43. The minimum absolute atomic E-state index is 0.0220. The van der Waals surface area contributed by atoms with Gasteiger partial charge in [0.15, 0.2) is 9.84 Å². The second-order valence-corrected chi connectivity index (χ2v) is 12.4. The number of rotatable bonds is 7. The third-order valence-electron chi connectivity index (χ3n) is 6.24. The maximum atomic E-state index is 12.8. The molecule has 4 rings (SSSR count). The van der Waals surface area contributed by atoms with Crippen LogP contribution < -0.4 is 10.0 Å². The van der Waals surface area contributed by atoms with Gasteiger partial charge in [0, 0.05) is 23.6 Å². The zero-order valence-corrected chi connectivity index (χ0v) is 18.7. The molecule has 2 fully saturated rings. The number of amides is 1. The molecule has 1 unspecified atom stereocenters. The fraction of sp³-hybridized carbons (Fsp3) is 0.409. The second kappa shape index (κ2) is 8.37. The number of hydrogen-bond donors (Lipinski definition) is 2. The van der Waals surface area contributed by atoms with E-state index in [1.54, 1.807) is 6.07 Å². The normalized spacial score (nSPS) is 21.9. The quantitative estimate of drug-likeness (QED) is 0.654. The van der Waals surface area contributed by atoms with Gasteiger partial charge in [-0.05, 0) is 43.0 Å². The molecule has 7 nitrogen and oxygen atoms in total. The molecule has 1 aliphatic heterocycles. The largest absolute Gasteiger partial charge is 0.351 e. The van der Waals surface area contributed by atoms with Crippen molar-refractivity contribution < 1.29 is 21.6 Å². The van der Waals surface area contributed by atoms with Gasteiger partial charge in [-0.2, -0.15) is 0 Å². The molecule has 2 aliphatic rings. The first-order valence-corrected chi connectivity index (χ1v) is 13.7. The fourth-order valence-electron chi connectivity index (χ4n) is 4.29. The van der Waals surface area contributed by atoms with Gasteiger partial charge in [-0.25, -0.2) is 21.6 Å². The standard InChI is InChI=1S/C22H26N2O5S2/c25-21(23-16-22(11-5-12-22)18-7-2-1-3-8-18)17-6-4-9-20(14-17)31(28,29)24-19-10-13-30(26,27)15-19/h1-4,6-9,14,19,24H,5,10-13,15-16H2,(H,23,25). The highest BCUT2D eigenvalue weighted by Gasteiger charge is 2.38. The van der Waals surface area contributed by atoms with Crippen molar-refractivity contribution >= 4 is 25.8 Å². The number of benzene rings is 2. The lowest BCUT2D eigenvalue weighted by Crippen LogP contribution is -2.45. The number of sulfonamides is 1. The first-order chi connectivity index (χ1) is 14.7. The molecule has 0 radical (unpaired) electrons. The van der Waals surface area contributed by atoms with Crippen LogP contribution in [0.4, 0.5) is 0 Å². The third-order valence-corrected chi connectivity index (χ3v) is 9.53. The van der Waals surface area contributed by atoms with Gasteiger partial charge >= 0.3 is 0 Å². The number of carbonyl (C=O) groups is 1. The predicted molar refractivity (Wildman–Crippen MR) is 118 cm³/mol. The Balaban J connectivity index is 1.45. The van der Waals surface area contributed by atoms with Gasteiger partial charge in [-0.15, -0.1) is 0 Å². The summed E-state index contributed by atoms with van der Waals surface area (Å²) in [5.41, 5.74) is 1.38. The maximum absolute atomic E-state index is 12.8. The molecule has 31 heavy (non-hydrogen) atoms. The Morgan fingerprint density at radius 2 is 1.81 bits per heavy atom. The molecule has 1 amide bonds. The van der Waals surface area contributed by atoms with Gasteiger partial charge < -0.3 is 5.32 Å². The van der Waals surface area contributed by atoms with Gasteiger partial charge in [0.1, 0.15) is 0 Å². The highest BCUT2D eigenvalue weighted by atomic mass is 32.2. The lowest BCUT2D eigenvalue weighted by atomic mass is 9.64. The molecule has 1 atom stereocenters. The lowest BCUT2D eigenvalue weighted by Gasteiger charge is -2.42. The molecule has 0 bridgehead atoms. The topological polar surface area (TPSA) is 109 Å². The summed E-state index contributed by atoms with van der Waals surface area (Å²) >= 11 is 0. The van der Waals surface area contributed by atoms with E-state index in [-0.39, 0.29) is 39.7 Å². The van der Waals surface area contributed by atoms with Crippen molar-refractivity contribution in [1.82, 2.24) is 10.0 Å². The van der Waals surface area contributed by atoms with Crippen LogP contribution in [0.15, 0.2) is 59.5 Å². The van der Waals surface area contributed by atoms with Gasteiger partial charge in [0.05, 0.1) is 16.4 Å². The fourth-order valence-corrected chi connectivity index (χ4v) is 7.39. The van der Waals surface area contributed by atoms with Crippen LogP contribution in [0.25, 0.3) is 0 Å². The SMILES string of the molecule is O=C(NCC1(c2ccccc2)CCC1)c1cccc(S(=O)(=O)NC2CCS(=O)(=O)C2)c1. The molecular weight excluding hydrogens is 436 g/mol. The Morgan fingerprint density at radius 3 is 2.42 bits per heavy atom. The molecule has 166 valence electrons. The first kappa shape index (κ1) is 22.0. The summed E-state index contributed by atoms with van der Waals surface area (Å²) < 4.78 is 51.0. The Kier molecular flexibility index (Phi) is 5.93. The molecule has 2 N–H and O–H groups in total. The van der Waals surface area contributed by atoms with E-state index >= 15 is 0 Å². The number of nitrogens with one attached hydrogen (secondary N) is 2. The van der Waals surface area contributed by atoms with Crippen LogP contribution in [0.5, 0.6) is 0 Å². The van der Waals surface area contributed by atoms with Crippen molar-refractivity contribution in [2.45, 2.75) is 42.0 Å². The van der Waals surface area contributed by atoms with Crippen molar-refractivity contribution in [2.24, 2.45) is 0 Å². The summed E-state index contributed by atoms with van der Waals surface area (Å²) in [5, 5.41) is 2.97. The van der Waals surface area contributed by atoms with E-state index in [9.17, 15) is 21.6 Å². The summed E-state index contributed by atoms with van der Waals surface area (Å²) in [6.07, 6.45) is 3.37. The molecule has 9 heteroatoms. The summed E-state index contributed by atoms with van der Waals surface area (Å²) in [5.74, 6) is -0.553. The van der Waals surface area contributed by atoms with E-state index < -0.39 is 25.9 Å². The van der Waals surface area contributed by atoms with E-state index in [1.165, 1.54) is 23.8 Å². The molecule has 1 saturated carbocycles. The van der Waals surface area contributed by atoms with Gasteiger partial charge in [-0.1, -0.05) is 42.8 Å². The van der Waals surface area contributed by atoms with E-state index in [4.69, 9.17) is 0 Å². The van der Waals surface area contributed by atoms with Crippen LogP contribution in [-0.4, -0.2) is 46.8 Å². The van der Waals surface area contributed by atoms with E-state index in [0.29, 0.717) is 6.54 Å². The van der Waals surface area contributed by atoms with Crippen molar-refractivity contribution in [3.05, 3.63) is 65.7 Å². The molecule has 2 aromatic rings. The highest BCUT2D eigenvalue weighted by molar-refractivity contribution is 7.92. The van der Waals surface area contributed by atoms with Gasteiger partial charge in [-0.3, -0.25) is 4.79 Å². The molecule has 0 aromatic heterocycles. The smallest absolute Gasteiger partial charge is 0.251 e. The van der Waals surface area contributed by atoms with E-state index in [0.717, 1.165) is 19.3 Å². The minimum atomic E-state index is -3.92. The minimum Gasteiger partial charge on any atom is -0.351 e. The maximum Gasteiger partial charge on any atom is 0.251 e. The molecule has 1 aliphatic carbocycles. The van der Waals surface area contributed by atoms with Crippen LogP contribution >= 0.6 is 0 Å². The number of carbonyl (C=O) groups excluding carboxylic acids is 1. The Bertz CT molecular complexity index is 1170. The lowest BCUT2D eigenvalue weighted by molar-refractivity contribution is 0.0927. The molecule has 0 spiro atoms. The number of hydrogen-bond acceptors (Lipinski definition) is 5. The molecule has 1 saturated heterocycles. The van der Waals surface area contributed by atoms with Gasteiger partial charge in [0.2, 0.25) is 10.0 Å². The van der Waals surface area contributed by atoms with Crippen LogP contribution in [0.1, 0.15) is 41.6 Å². The number of sulfone groups is 1. The van der Waals surface area contributed by atoms with Crippen molar-refractivity contribution in [2.75, 3.05) is 18.1 Å². The van der Waals surface area contributed by atoms with Crippen LogP contribution in [0.2, 0.25) is 0 Å². The van der Waals surface area contributed by atoms with Crippen LogP contribution in [0.3, 0.4) is 0 Å². The van der Waals surface area contributed by atoms with Crippen molar-refractivity contribution in [3.8, 4) is 0 Å². The summed E-state index contributed by atoms with van der Waals surface area (Å²) in [6.45, 7) is 0.491. The summed E-state index contributed by atoms with van der Waals surface area (Å²) in [7, 11) is -7.13. The monoisotopic (exact) mass is 462 g/mol. The van der Waals surface area contributed by atoms with Crippen molar-refractivity contribution in [3.63, 3.8) is 0 Å². The Hall–Kier alpha value is -2.23. The summed E-state index contributed by atoms with van der Waals surface area (Å²) in [6, 6.07) is 15.3. The van der Waals surface area contributed by atoms with Crippen LogP contribution in [-0.2, 0) is 25.3 Å². The molecule has 1 heterocycles. The second-order valence-electron chi connectivity index (χ2n) is 8.43. The molecule has 2 aromatic carbocycles.